The zero-order valence-corrected chi connectivity index (χ0v) is 29.9. The van der Waals surface area contributed by atoms with Crippen molar-refractivity contribution in [3.63, 3.8) is 0 Å². The van der Waals surface area contributed by atoms with E-state index in [1.165, 1.54) is 80.1 Å². The van der Waals surface area contributed by atoms with Gasteiger partial charge in [-0.3, -0.25) is 4.57 Å². The van der Waals surface area contributed by atoms with E-state index >= 15 is 0 Å². The number of hydrogen-bond acceptors (Lipinski definition) is 3. The Morgan fingerprint density at radius 2 is 1.15 bits per heavy atom. The Kier molecular flexibility index (Phi) is 5.09. The molecule has 6 aromatic heterocycles. The molecule has 0 bridgehead atoms. The smallest absolute Gasteiger partial charge is 0.307 e. The summed E-state index contributed by atoms with van der Waals surface area (Å²) in [5, 5.41) is 10.1. The lowest BCUT2D eigenvalue weighted by Crippen LogP contribution is -1.94. The number of thiophene rings is 1. The highest BCUT2D eigenvalue weighted by molar-refractivity contribution is 7.26. The Bertz CT molecular complexity index is 3890. The quantitative estimate of drug-likeness (QED) is 0.182. The molecule has 0 aliphatic heterocycles. The lowest BCUT2D eigenvalue weighted by molar-refractivity contribution is 0.574. The number of hydrogen-bond donors (Lipinski definition) is 0. The number of para-hydroxylation sites is 4. The lowest BCUT2D eigenvalue weighted by atomic mass is 10.0. The second kappa shape index (κ2) is 9.88. The van der Waals surface area contributed by atoms with Crippen molar-refractivity contribution in [2.24, 2.45) is 0 Å². The molecule has 14 aromatic rings. The van der Waals surface area contributed by atoms with Crippen molar-refractivity contribution in [3.05, 3.63) is 158 Å². The van der Waals surface area contributed by atoms with Crippen molar-refractivity contribution in [2.75, 3.05) is 0 Å². The molecule has 0 spiro atoms. The fourth-order valence-electron chi connectivity index (χ4n) is 9.83. The van der Waals surface area contributed by atoms with Gasteiger partial charge in [0, 0.05) is 63.7 Å². The molecular weight excluding hydrogens is 693 g/mol. The first kappa shape index (κ1) is 28.4. The zero-order valence-electron chi connectivity index (χ0n) is 29.1. The van der Waals surface area contributed by atoms with Crippen LogP contribution in [0.3, 0.4) is 0 Å². The third-order valence-electron chi connectivity index (χ3n) is 12.0. The van der Waals surface area contributed by atoms with Gasteiger partial charge in [-0.2, -0.15) is 4.98 Å². The SMILES string of the molecule is c1ccc(-n2c3ccccc3c3cc(-c4cccc5oc(-n6c7ccc8sc9ccc%10c%11ccccc%11n%11c%12cccc6c%12c7c8c9c%10%11)nc45)ccc32)cc1. The molecular formula is C49H26N4OS. The molecule has 0 unspecified atom stereocenters. The molecule has 0 aliphatic carbocycles. The molecule has 0 saturated heterocycles. The maximum Gasteiger partial charge on any atom is 0.307 e. The number of fused-ring (bicyclic) bond motifs is 8. The van der Waals surface area contributed by atoms with Crippen LogP contribution in [0.25, 0.3) is 125 Å². The van der Waals surface area contributed by atoms with Crippen molar-refractivity contribution in [3.8, 4) is 22.8 Å². The molecule has 0 radical (unpaired) electrons. The van der Waals surface area contributed by atoms with Crippen LogP contribution in [0.2, 0.25) is 0 Å². The summed E-state index contributed by atoms with van der Waals surface area (Å²) in [6, 6.07) is 57.6. The van der Waals surface area contributed by atoms with Gasteiger partial charge in [0.2, 0.25) is 0 Å². The number of rotatable bonds is 3. The predicted octanol–water partition coefficient (Wildman–Crippen LogP) is 13.5. The molecule has 0 N–H and O–H groups in total. The molecule has 0 fully saturated rings. The molecule has 8 aromatic carbocycles. The van der Waals surface area contributed by atoms with Crippen molar-refractivity contribution in [1.82, 2.24) is 18.5 Å². The largest absolute Gasteiger partial charge is 0.423 e. The van der Waals surface area contributed by atoms with Crippen LogP contribution in [-0.2, 0) is 0 Å². The Morgan fingerprint density at radius 1 is 0.455 bits per heavy atom. The fraction of sp³-hybridized carbons (Fsp3) is 0. The summed E-state index contributed by atoms with van der Waals surface area (Å²) >= 11 is 1.88. The molecule has 0 aliphatic rings. The highest BCUT2D eigenvalue weighted by Crippen LogP contribution is 2.50. The summed E-state index contributed by atoms with van der Waals surface area (Å²) in [5.41, 5.74) is 13.2. The molecule has 6 heteroatoms. The van der Waals surface area contributed by atoms with E-state index in [4.69, 9.17) is 9.40 Å². The second-order valence-electron chi connectivity index (χ2n) is 14.7. The highest BCUT2D eigenvalue weighted by Gasteiger charge is 2.27. The van der Waals surface area contributed by atoms with Crippen LogP contribution in [-0.4, -0.2) is 18.5 Å². The topological polar surface area (TPSA) is 40.3 Å². The molecule has 254 valence electrons. The third-order valence-corrected chi connectivity index (χ3v) is 13.1. The summed E-state index contributed by atoms with van der Waals surface area (Å²) in [6.07, 6.45) is 0. The van der Waals surface area contributed by atoms with Gasteiger partial charge in [-0.15, -0.1) is 11.3 Å². The first-order chi connectivity index (χ1) is 27.3. The monoisotopic (exact) mass is 718 g/mol. The number of oxazole rings is 1. The first-order valence-electron chi connectivity index (χ1n) is 18.6. The second-order valence-corrected chi connectivity index (χ2v) is 15.8. The summed E-state index contributed by atoms with van der Waals surface area (Å²) in [6.45, 7) is 0. The van der Waals surface area contributed by atoms with Crippen molar-refractivity contribution in [1.29, 1.82) is 0 Å². The van der Waals surface area contributed by atoms with Gasteiger partial charge in [-0.05, 0) is 78.4 Å². The maximum absolute atomic E-state index is 6.80. The number of aromatic nitrogens is 4. The molecule has 55 heavy (non-hydrogen) atoms. The summed E-state index contributed by atoms with van der Waals surface area (Å²) in [4.78, 5) is 5.37. The average molecular weight is 719 g/mol. The number of nitrogens with zero attached hydrogens (tertiary/aromatic N) is 4. The van der Waals surface area contributed by atoms with Gasteiger partial charge in [0.15, 0.2) is 5.58 Å². The summed E-state index contributed by atoms with van der Waals surface area (Å²) in [7, 11) is 0. The highest BCUT2D eigenvalue weighted by atomic mass is 32.1. The van der Waals surface area contributed by atoms with E-state index in [2.05, 4.69) is 165 Å². The van der Waals surface area contributed by atoms with Crippen LogP contribution in [0.1, 0.15) is 0 Å². The standard InChI is InChI=1S/C49H26N4OS/c1-2-10-28(11-3-1)51-34-15-6-5-13-31(34)33-26-27(20-22-36(33)51)29-14-8-19-40-47(29)50-49(54-40)53-38-18-9-17-37-43(38)44-39(53)23-25-41-45(44)46-42(55-41)24-21-32-30-12-4-7-16-35(30)52(37)48(32)46/h1-26H. The average Bonchev–Trinajstić information content (AvgIpc) is 4.03. The zero-order chi connectivity index (χ0) is 35.5. The van der Waals surface area contributed by atoms with Gasteiger partial charge in [0.25, 0.3) is 0 Å². The van der Waals surface area contributed by atoms with E-state index in [0.717, 1.165) is 38.9 Å². The Hall–Kier alpha value is -7.15. The molecule has 0 atom stereocenters. The summed E-state index contributed by atoms with van der Waals surface area (Å²) in [5.74, 6) is 0. The van der Waals surface area contributed by atoms with Gasteiger partial charge >= 0.3 is 6.01 Å². The molecule has 0 saturated carbocycles. The van der Waals surface area contributed by atoms with Gasteiger partial charge in [-0.1, -0.05) is 84.9 Å². The van der Waals surface area contributed by atoms with Gasteiger partial charge in [0.05, 0.1) is 38.6 Å². The van der Waals surface area contributed by atoms with Gasteiger partial charge < -0.3 is 13.4 Å². The predicted molar refractivity (Wildman–Crippen MR) is 229 cm³/mol. The Balaban J connectivity index is 1.05. The number of benzene rings is 8. The van der Waals surface area contributed by atoms with E-state index in [9.17, 15) is 0 Å². The molecule has 14 rings (SSSR count). The maximum atomic E-state index is 6.80. The van der Waals surface area contributed by atoms with Crippen LogP contribution in [0, 0.1) is 0 Å². The Labute approximate surface area is 315 Å². The van der Waals surface area contributed by atoms with E-state index in [1.807, 2.05) is 17.4 Å². The minimum atomic E-state index is 0.573. The van der Waals surface area contributed by atoms with Crippen LogP contribution < -0.4 is 0 Å². The molecule has 0 amide bonds. The Morgan fingerprint density at radius 3 is 2.05 bits per heavy atom. The van der Waals surface area contributed by atoms with Crippen molar-refractivity contribution < 1.29 is 4.42 Å². The minimum Gasteiger partial charge on any atom is -0.423 e. The van der Waals surface area contributed by atoms with Gasteiger partial charge in [-0.25, -0.2) is 0 Å². The van der Waals surface area contributed by atoms with Crippen LogP contribution >= 0.6 is 11.3 Å². The van der Waals surface area contributed by atoms with Crippen LogP contribution in [0.15, 0.2) is 162 Å². The minimum absolute atomic E-state index is 0.573. The van der Waals surface area contributed by atoms with E-state index in [-0.39, 0.29) is 0 Å². The van der Waals surface area contributed by atoms with E-state index < -0.39 is 0 Å². The van der Waals surface area contributed by atoms with E-state index in [1.54, 1.807) is 0 Å². The van der Waals surface area contributed by atoms with Crippen molar-refractivity contribution >= 4 is 114 Å². The van der Waals surface area contributed by atoms with Crippen molar-refractivity contribution in [2.45, 2.75) is 0 Å². The first-order valence-corrected chi connectivity index (χ1v) is 19.5. The lowest BCUT2D eigenvalue weighted by Gasteiger charge is -2.08. The van der Waals surface area contributed by atoms with E-state index in [0.29, 0.717) is 6.01 Å². The fourth-order valence-corrected chi connectivity index (χ4v) is 10.9. The third kappa shape index (κ3) is 3.43. The molecule has 5 nitrogen and oxygen atoms in total. The van der Waals surface area contributed by atoms with Gasteiger partial charge in [0.1, 0.15) is 5.52 Å². The summed E-state index contributed by atoms with van der Waals surface area (Å²) < 4.78 is 16.5. The molecule has 6 heterocycles. The van der Waals surface area contributed by atoms with Crippen LogP contribution in [0.4, 0.5) is 0 Å². The van der Waals surface area contributed by atoms with Crippen LogP contribution in [0.5, 0.6) is 0 Å². The normalized spacial score (nSPS) is 12.7.